The van der Waals surface area contributed by atoms with Gasteiger partial charge in [0.05, 0.1) is 12.8 Å². The fourth-order valence-corrected chi connectivity index (χ4v) is 3.53. The number of aromatic amines is 1. The molecule has 0 saturated carbocycles. The normalized spacial score (nSPS) is 11.5. The maximum Gasteiger partial charge on any atom is 0.433 e. The van der Waals surface area contributed by atoms with Gasteiger partial charge in [0.2, 0.25) is 5.95 Å². The molecule has 0 amide bonds. The fourth-order valence-electron chi connectivity index (χ4n) is 3.04. The molecule has 0 radical (unpaired) electrons. The van der Waals surface area contributed by atoms with Gasteiger partial charge in [-0.05, 0) is 57.9 Å². The van der Waals surface area contributed by atoms with Crippen molar-refractivity contribution in [2.24, 2.45) is 0 Å². The van der Waals surface area contributed by atoms with Crippen molar-refractivity contribution in [3.05, 3.63) is 76.7 Å². The minimum absolute atomic E-state index is 0.0798. The molecule has 6 nitrogen and oxygen atoms in total. The topological polar surface area (TPSA) is 72.9 Å². The van der Waals surface area contributed by atoms with Crippen molar-refractivity contribution in [1.82, 2.24) is 19.9 Å². The van der Waals surface area contributed by atoms with E-state index in [9.17, 15) is 17.6 Å². The lowest BCUT2D eigenvalue weighted by Crippen LogP contribution is -2.09. The molecule has 0 atom stereocenters. The van der Waals surface area contributed by atoms with Gasteiger partial charge in [-0.25, -0.2) is 9.97 Å². The lowest BCUT2D eigenvalue weighted by Gasteiger charge is -2.12. The van der Waals surface area contributed by atoms with Gasteiger partial charge in [0.25, 0.3) is 0 Å². The average molecular weight is 523 g/mol. The van der Waals surface area contributed by atoms with E-state index in [0.717, 1.165) is 12.3 Å². The quantitative estimate of drug-likeness (QED) is 0.247. The Kier molecular flexibility index (Phi) is 6.32. The summed E-state index contributed by atoms with van der Waals surface area (Å²) in [5, 5.41) is 0. The Bertz CT molecular complexity index is 1280. The highest BCUT2D eigenvalue weighted by atomic mass is 79.9. The lowest BCUT2D eigenvalue weighted by molar-refractivity contribution is -0.141. The Morgan fingerprint density at radius 2 is 1.88 bits per heavy atom. The van der Waals surface area contributed by atoms with Crippen molar-refractivity contribution in [2.45, 2.75) is 12.8 Å². The Morgan fingerprint density at radius 1 is 1.06 bits per heavy atom. The molecule has 0 saturated heterocycles. The van der Waals surface area contributed by atoms with E-state index in [1.165, 1.54) is 25.4 Å². The highest BCUT2D eigenvalue weighted by molar-refractivity contribution is 9.10. The van der Waals surface area contributed by atoms with Crippen molar-refractivity contribution in [3.8, 4) is 34.1 Å². The van der Waals surface area contributed by atoms with Gasteiger partial charge in [0.15, 0.2) is 0 Å². The summed E-state index contributed by atoms with van der Waals surface area (Å²) in [7, 11) is 1.48. The Hall–Kier alpha value is -3.47. The molecule has 170 valence electrons. The molecule has 11 heteroatoms. The molecule has 3 heterocycles. The van der Waals surface area contributed by atoms with Crippen LogP contribution in [0.15, 0.2) is 59.5 Å². The molecular weight excluding hydrogens is 508 g/mol. The summed E-state index contributed by atoms with van der Waals surface area (Å²) in [6, 6.07) is 10.2. The second kappa shape index (κ2) is 9.18. The van der Waals surface area contributed by atoms with E-state index in [1.54, 1.807) is 24.3 Å². The number of hydrogen-bond donors (Lipinski definition) is 1. The summed E-state index contributed by atoms with van der Waals surface area (Å²) < 4.78 is 63.3. The Balaban J connectivity index is 1.56. The predicted octanol–water partition coefficient (Wildman–Crippen LogP) is 6.04. The number of ether oxygens (including phenoxy) is 2. The number of pyridine rings is 2. The number of nitrogens with one attached hydrogen (secondary N) is 1. The van der Waals surface area contributed by atoms with E-state index in [-0.39, 0.29) is 6.61 Å². The van der Waals surface area contributed by atoms with Crippen molar-refractivity contribution >= 4 is 15.9 Å². The van der Waals surface area contributed by atoms with Gasteiger partial charge in [-0.3, -0.25) is 4.98 Å². The highest BCUT2D eigenvalue weighted by Crippen LogP contribution is 2.37. The van der Waals surface area contributed by atoms with Crippen molar-refractivity contribution in [2.75, 3.05) is 7.11 Å². The van der Waals surface area contributed by atoms with Crippen LogP contribution in [-0.2, 0) is 12.8 Å². The first-order chi connectivity index (χ1) is 15.7. The number of benzene rings is 1. The third kappa shape index (κ3) is 5.14. The molecule has 0 bridgehead atoms. The zero-order valence-corrected chi connectivity index (χ0v) is 18.5. The van der Waals surface area contributed by atoms with Gasteiger partial charge in [-0.15, -0.1) is 0 Å². The molecule has 3 aromatic heterocycles. The number of rotatable bonds is 6. The number of halogens is 5. The molecule has 0 fully saturated rings. The molecule has 33 heavy (non-hydrogen) atoms. The SMILES string of the molecule is COc1cc(OCc2ccnc(C(F)(F)F)c2)ccc1-c1[nH]c(-c2ccc(F)nc2)nc1Br. The fraction of sp³-hybridized carbons (Fsp3) is 0.136. The summed E-state index contributed by atoms with van der Waals surface area (Å²) in [6.45, 7) is -0.0798. The van der Waals surface area contributed by atoms with Crippen molar-refractivity contribution < 1.29 is 27.0 Å². The second-order valence-corrected chi connectivity index (χ2v) is 7.57. The van der Waals surface area contributed by atoms with E-state index in [0.29, 0.717) is 44.3 Å². The van der Waals surface area contributed by atoms with Gasteiger partial charge in [-0.1, -0.05) is 0 Å². The van der Waals surface area contributed by atoms with Gasteiger partial charge in [0, 0.05) is 29.6 Å². The Morgan fingerprint density at radius 3 is 2.58 bits per heavy atom. The number of aromatic nitrogens is 4. The number of imidazole rings is 1. The van der Waals surface area contributed by atoms with Crippen LogP contribution in [0, 0.1) is 5.95 Å². The van der Waals surface area contributed by atoms with E-state index in [1.807, 2.05) is 0 Å². The molecule has 0 aliphatic carbocycles. The van der Waals surface area contributed by atoms with Gasteiger partial charge in [-0.2, -0.15) is 17.6 Å². The minimum Gasteiger partial charge on any atom is -0.496 e. The van der Waals surface area contributed by atoms with Crippen molar-refractivity contribution in [3.63, 3.8) is 0 Å². The largest absolute Gasteiger partial charge is 0.496 e. The summed E-state index contributed by atoms with van der Waals surface area (Å²) in [4.78, 5) is 14.5. The second-order valence-electron chi connectivity index (χ2n) is 6.82. The standard InChI is InChI=1S/C22H15BrF4N4O2/c1-32-16-9-14(33-11-12-6-7-28-17(8-12)22(25,26)27)3-4-15(16)19-20(23)31-21(30-19)13-2-5-18(24)29-10-13/h2-10H,11H2,1H3,(H,30,31). The van der Waals surface area contributed by atoms with Crippen LogP contribution in [0.25, 0.3) is 22.6 Å². The summed E-state index contributed by atoms with van der Waals surface area (Å²) >= 11 is 3.41. The zero-order valence-electron chi connectivity index (χ0n) is 17.0. The van der Waals surface area contributed by atoms with E-state index in [4.69, 9.17) is 9.47 Å². The summed E-state index contributed by atoms with van der Waals surface area (Å²) in [5.74, 6) is 0.735. The number of alkyl halides is 3. The number of H-pyrrole nitrogens is 1. The maximum atomic E-state index is 13.1. The molecule has 1 N–H and O–H groups in total. The van der Waals surface area contributed by atoms with E-state index >= 15 is 0 Å². The maximum absolute atomic E-state index is 13.1. The van der Waals surface area contributed by atoms with Crippen LogP contribution >= 0.6 is 15.9 Å². The van der Waals surface area contributed by atoms with Crippen LogP contribution in [0.4, 0.5) is 17.6 Å². The van der Waals surface area contributed by atoms with Gasteiger partial charge in [0.1, 0.15) is 34.2 Å². The minimum atomic E-state index is -4.53. The van der Waals surface area contributed by atoms with Crippen LogP contribution in [-0.4, -0.2) is 27.0 Å². The molecule has 0 spiro atoms. The van der Waals surface area contributed by atoms with Crippen LogP contribution in [0.3, 0.4) is 0 Å². The van der Waals surface area contributed by atoms with Crippen LogP contribution in [0.1, 0.15) is 11.3 Å². The van der Waals surface area contributed by atoms with Crippen LogP contribution in [0.2, 0.25) is 0 Å². The first kappa shape index (κ1) is 22.7. The predicted molar refractivity (Wildman–Crippen MR) is 115 cm³/mol. The average Bonchev–Trinajstić information content (AvgIpc) is 3.19. The molecular formula is C22H15BrF4N4O2. The summed E-state index contributed by atoms with van der Waals surface area (Å²) in [5.41, 5.74) is 1.22. The lowest BCUT2D eigenvalue weighted by atomic mass is 10.1. The van der Waals surface area contributed by atoms with Gasteiger partial charge >= 0.3 is 6.18 Å². The molecule has 0 unspecified atom stereocenters. The molecule has 4 rings (SSSR count). The van der Waals surface area contributed by atoms with E-state index in [2.05, 4.69) is 35.9 Å². The van der Waals surface area contributed by atoms with Crippen LogP contribution in [0.5, 0.6) is 11.5 Å². The molecule has 1 aromatic carbocycles. The third-order valence-electron chi connectivity index (χ3n) is 4.62. The van der Waals surface area contributed by atoms with E-state index < -0.39 is 17.8 Å². The molecule has 0 aliphatic rings. The Labute approximate surface area is 193 Å². The van der Waals surface area contributed by atoms with Crippen LogP contribution < -0.4 is 9.47 Å². The molecule has 0 aliphatic heterocycles. The third-order valence-corrected chi connectivity index (χ3v) is 5.20. The smallest absolute Gasteiger partial charge is 0.433 e. The highest BCUT2D eigenvalue weighted by Gasteiger charge is 2.32. The monoisotopic (exact) mass is 522 g/mol. The first-order valence-electron chi connectivity index (χ1n) is 9.45. The molecule has 4 aromatic rings. The number of methoxy groups -OCH3 is 1. The number of nitrogens with zero attached hydrogens (tertiary/aromatic N) is 3. The van der Waals surface area contributed by atoms with Crippen molar-refractivity contribution in [1.29, 1.82) is 0 Å². The zero-order chi connectivity index (χ0) is 23.6. The summed E-state index contributed by atoms with van der Waals surface area (Å²) in [6.07, 6.45) is -2.07. The first-order valence-corrected chi connectivity index (χ1v) is 10.2. The number of hydrogen-bond acceptors (Lipinski definition) is 5. The van der Waals surface area contributed by atoms with Gasteiger partial charge < -0.3 is 14.5 Å².